The van der Waals surface area contributed by atoms with E-state index in [1.807, 2.05) is 6.92 Å². The van der Waals surface area contributed by atoms with Gasteiger partial charge < -0.3 is 14.2 Å². The van der Waals surface area contributed by atoms with Crippen molar-refractivity contribution in [3.8, 4) is 0 Å². The molecule has 0 saturated carbocycles. The highest BCUT2D eigenvalue weighted by Crippen LogP contribution is 2.32. The van der Waals surface area contributed by atoms with Gasteiger partial charge in [-0.1, -0.05) is 25.7 Å². The number of hydrogen-bond acceptors (Lipinski definition) is 5. The first-order valence-electron chi connectivity index (χ1n) is 7.31. The maximum Gasteiger partial charge on any atom is 0.379 e. The maximum atomic E-state index is 12.0. The number of esters is 2. The van der Waals surface area contributed by atoms with Crippen LogP contribution in [0.1, 0.15) is 33.1 Å². The molecule has 1 heterocycles. The molecule has 0 aromatic rings. The van der Waals surface area contributed by atoms with Crippen LogP contribution in [0.15, 0.2) is 48.5 Å². The first-order valence-corrected chi connectivity index (χ1v) is 7.31. The molecular formula is C17H22O5. The Morgan fingerprint density at radius 1 is 1.36 bits per heavy atom. The van der Waals surface area contributed by atoms with E-state index in [4.69, 9.17) is 14.2 Å². The zero-order valence-corrected chi connectivity index (χ0v) is 13.1. The number of hydrogen-bond donors (Lipinski definition) is 0. The van der Waals surface area contributed by atoms with E-state index in [1.165, 1.54) is 6.08 Å². The molecule has 1 aliphatic heterocycles. The van der Waals surface area contributed by atoms with Gasteiger partial charge in [-0.25, -0.2) is 9.59 Å². The summed E-state index contributed by atoms with van der Waals surface area (Å²) in [4.78, 5) is 23.6. The van der Waals surface area contributed by atoms with E-state index >= 15 is 0 Å². The Kier molecular flexibility index (Phi) is 7.16. The third kappa shape index (κ3) is 4.62. The van der Waals surface area contributed by atoms with Crippen molar-refractivity contribution in [1.82, 2.24) is 0 Å². The Morgan fingerprint density at radius 2 is 2.09 bits per heavy atom. The van der Waals surface area contributed by atoms with Crippen molar-refractivity contribution in [1.29, 1.82) is 0 Å². The molecule has 0 amide bonds. The molecule has 0 saturated heterocycles. The van der Waals surface area contributed by atoms with Crippen LogP contribution < -0.4 is 0 Å². The van der Waals surface area contributed by atoms with Gasteiger partial charge in [0.1, 0.15) is 11.9 Å². The Hall–Kier alpha value is -2.30. The third-order valence-corrected chi connectivity index (χ3v) is 3.03. The maximum absolute atomic E-state index is 12.0. The second-order valence-electron chi connectivity index (χ2n) is 4.59. The van der Waals surface area contributed by atoms with E-state index in [-0.39, 0.29) is 24.2 Å². The van der Waals surface area contributed by atoms with E-state index < -0.39 is 11.9 Å². The van der Waals surface area contributed by atoms with Crippen molar-refractivity contribution in [3.63, 3.8) is 0 Å². The van der Waals surface area contributed by atoms with Crippen LogP contribution in [-0.2, 0) is 23.8 Å². The summed E-state index contributed by atoms with van der Waals surface area (Å²) in [5, 5.41) is 0. The summed E-state index contributed by atoms with van der Waals surface area (Å²) in [6.07, 6.45) is 6.02. The normalized spacial score (nSPS) is 17.2. The summed E-state index contributed by atoms with van der Waals surface area (Å²) in [5.74, 6) is -0.850. The monoisotopic (exact) mass is 306 g/mol. The van der Waals surface area contributed by atoms with Gasteiger partial charge in [0.15, 0.2) is 0 Å². The lowest BCUT2D eigenvalue weighted by Crippen LogP contribution is -2.12. The van der Waals surface area contributed by atoms with Crippen LogP contribution in [0.3, 0.4) is 0 Å². The molecule has 22 heavy (non-hydrogen) atoms. The average Bonchev–Trinajstić information content (AvgIpc) is 2.77. The zero-order valence-electron chi connectivity index (χ0n) is 13.1. The second-order valence-corrected chi connectivity index (χ2v) is 4.59. The van der Waals surface area contributed by atoms with Crippen molar-refractivity contribution >= 4 is 11.9 Å². The van der Waals surface area contributed by atoms with Crippen LogP contribution in [0.25, 0.3) is 0 Å². The quantitative estimate of drug-likeness (QED) is 0.372. The Morgan fingerprint density at radius 3 is 2.64 bits per heavy atom. The van der Waals surface area contributed by atoms with Crippen LogP contribution in [0, 0.1) is 0 Å². The molecule has 1 rings (SSSR count). The zero-order chi connectivity index (χ0) is 16.5. The Labute approximate surface area is 130 Å². The molecule has 1 aliphatic rings. The molecule has 120 valence electrons. The van der Waals surface area contributed by atoms with Gasteiger partial charge in [0, 0.05) is 5.57 Å². The summed E-state index contributed by atoms with van der Waals surface area (Å²) in [5.41, 5.74) is 0.554. The van der Waals surface area contributed by atoms with Gasteiger partial charge in [0.2, 0.25) is 5.76 Å². The van der Waals surface area contributed by atoms with Crippen LogP contribution in [0.2, 0.25) is 0 Å². The molecule has 0 aromatic carbocycles. The molecule has 0 fully saturated rings. The van der Waals surface area contributed by atoms with Gasteiger partial charge in [-0.05, 0) is 26.2 Å². The standard InChI is InChI=1S/C17H22O5/c1-5-9-10-13-14(11-15(18)20-8-4)22-17(19)16(13)21-12(6-2)7-3/h5-6,11-12H,1-2,7-10H2,3-4H3/b14-11-. The van der Waals surface area contributed by atoms with Gasteiger partial charge in [-0.15, -0.1) is 6.58 Å². The van der Waals surface area contributed by atoms with Crippen LogP contribution >= 0.6 is 0 Å². The number of ether oxygens (including phenoxy) is 3. The fraction of sp³-hybridized carbons (Fsp3) is 0.412. The van der Waals surface area contributed by atoms with E-state index in [0.29, 0.717) is 24.8 Å². The van der Waals surface area contributed by atoms with E-state index in [0.717, 1.165) is 0 Å². The largest absolute Gasteiger partial charge is 0.479 e. The number of allylic oxidation sites excluding steroid dienone is 2. The Bertz CT molecular complexity index is 513. The molecule has 0 bridgehead atoms. The van der Waals surface area contributed by atoms with Gasteiger partial charge in [-0.2, -0.15) is 0 Å². The number of carbonyl (C=O) groups is 2. The lowest BCUT2D eigenvalue weighted by molar-refractivity contribution is -0.138. The Balaban J connectivity index is 3.11. The number of rotatable bonds is 9. The lowest BCUT2D eigenvalue weighted by atomic mass is 10.1. The average molecular weight is 306 g/mol. The van der Waals surface area contributed by atoms with Gasteiger partial charge in [0.25, 0.3) is 0 Å². The third-order valence-electron chi connectivity index (χ3n) is 3.03. The van der Waals surface area contributed by atoms with Crippen molar-refractivity contribution in [2.24, 2.45) is 0 Å². The second kappa shape index (κ2) is 8.87. The van der Waals surface area contributed by atoms with Crippen molar-refractivity contribution in [3.05, 3.63) is 48.5 Å². The van der Waals surface area contributed by atoms with Crippen molar-refractivity contribution in [2.45, 2.75) is 39.2 Å². The van der Waals surface area contributed by atoms with Crippen LogP contribution in [-0.4, -0.2) is 24.6 Å². The van der Waals surface area contributed by atoms with Crippen LogP contribution in [0.5, 0.6) is 0 Å². The summed E-state index contributed by atoms with van der Waals surface area (Å²) in [6, 6.07) is 0. The predicted octanol–water partition coefficient (Wildman–Crippen LogP) is 3.19. The van der Waals surface area contributed by atoms with Gasteiger partial charge >= 0.3 is 11.9 Å². The molecule has 0 N–H and O–H groups in total. The fourth-order valence-corrected chi connectivity index (χ4v) is 1.90. The molecule has 5 nitrogen and oxygen atoms in total. The smallest absolute Gasteiger partial charge is 0.379 e. The SMILES string of the molecule is C=CCCC1=C(OC(C=C)CC)C(=O)O/C1=C\C(=O)OCC. The molecule has 0 aliphatic carbocycles. The first-order chi connectivity index (χ1) is 10.6. The summed E-state index contributed by atoms with van der Waals surface area (Å²) >= 11 is 0. The van der Waals surface area contributed by atoms with Crippen molar-refractivity contribution < 1.29 is 23.8 Å². The molecular weight excluding hydrogens is 284 g/mol. The molecule has 1 atom stereocenters. The van der Waals surface area contributed by atoms with E-state index in [2.05, 4.69) is 13.2 Å². The fourth-order valence-electron chi connectivity index (χ4n) is 1.90. The molecule has 0 spiro atoms. The molecule has 0 radical (unpaired) electrons. The van der Waals surface area contributed by atoms with Crippen LogP contribution in [0.4, 0.5) is 0 Å². The minimum absolute atomic E-state index is 0.129. The van der Waals surface area contributed by atoms with E-state index in [1.54, 1.807) is 19.1 Å². The molecule has 0 aromatic heterocycles. The summed E-state index contributed by atoms with van der Waals surface area (Å²) in [7, 11) is 0. The van der Waals surface area contributed by atoms with Crippen molar-refractivity contribution in [2.75, 3.05) is 6.61 Å². The van der Waals surface area contributed by atoms with Gasteiger partial charge in [0.05, 0.1) is 12.7 Å². The predicted molar refractivity (Wildman–Crippen MR) is 82.6 cm³/mol. The topological polar surface area (TPSA) is 61.8 Å². The van der Waals surface area contributed by atoms with E-state index in [9.17, 15) is 9.59 Å². The highest BCUT2D eigenvalue weighted by molar-refractivity contribution is 5.94. The number of carbonyl (C=O) groups excluding carboxylic acids is 2. The highest BCUT2D eigenvalue weighted by atomic mass is 16.6. The highest BCUT2D eigenvalue weighted by Gasteiger charge is 2.33. The van der Waals surface area contributed by atoms with Gasteiger partial charge in [-0.3, -0.25) is 0 Å². The lowest BCUT2D eigenvalue weighted by Gasteiger charge is -2.13. The summed E-state index contributed by atoms with van der Waals surface area (Å²) < 4.78 is 15.7. The summed E-state index contributed by atoms with van der Waals surface area (Å²) in [6.45, 7) is 11.2. The minimum Gasteiger partial charge on any atom is -0.479 e. The molecule has 1 unspecified atom stereocenters. The minimum atomic E-state index is -0.602. The molecule has 5 heteroatoms. The number of cyclic esters (lactones) is 1. The first kappa shape index (κ1) is 17.8.